The normalized spacial score (nSPS) is 15.6. The first-order valence-electron chi connectivity index (χ1n) is 12.3. The molecule has 0 unspecified atom stereocenters. The van der Waals surface area contributed by atoms with Crippen molar-refractivity contribution in [1.82, 2.24) is 34.6 Å². The zero-order chi connectivity index (χ0) is 27.1. The molecule has 1 saturated heterocycles. The molecule has 1 aromatic carbocycles. The molecular formula is C26H27F4N7Si. The van der Waals surface area contributed by atoms with E-state index in [2.05, 4.69) is 54.6 Å². The number of rotatable bonds is 4. The van der Waals surface area contributed by atoms with E-state index in [4.69, 9.17) is 0 Å². The van der Waals surface area contributed by atoms with Crippen molar-refractivity contribution in [1.29, 1.82) is 0 Å². The van der Waals surface area contributed by atoms with Crippen LogP contribution in [0, 0.1) is 17.3 Å². The van der Waals surface area contributed by atoms with Crippen molar-refractivity contribution in [3.8, 4) is 22.7 Å². The summed E-state index contributed by atoms with van der Waals surface area (Å²) in [6.07, 6.45) is 2.84. The summed E-state index contributed by atoms with van der Waals surface area (Å²) >= 11 is 0. The molecule has 0 aliphatic carbocycles. The molecule has 5 rings (SSSR count). The number of H-pyrrole nitrogens is 1. The minimum atomic E-state index is -4.76. The number of alkyl halides is 3. The number of imidazole rings is 1. The van der Waals surface area contributed by atoms with Crippen LogP contribution in [0.15, 0.2) is 36.9 Å². The smallest absolute Gasteiger partial charge is 0.337 e. The van der Waals surface area contributed by atoms with Crippen molar-refractivity contribution < 1.29 is 17.6 Å². The van der Waals surface area contributed by atoms with Gasteiger partial charge in [-0.05, 0) is 44.1 Å². The van der Waals surface area contributed by atoms with Crippen LogP contribution in [-0.4, -0.2) is 61.9 Å². The van der Waals surface area contributed by atoms with Crippen molar-refractivity contribution >= 4 is 19.1 Å². The Labute approximate surface area is 218 Å². The Morgan fingerprint density at radius 3 is 2.68 bits per heavy atom. The van der Waals surface area contributed by atoms with Crippen LogP contribution in [0.4, 0.5) is 17.6 Å². The summed E-state index contributed by atoms with van der Waals surface area (Å²) < 4.78 is 55.1. The van der Waals surface area contributed by atoms with Crippen LogP contribution in [0.2, 0.25) is 13.1 Å². The quantitative estimate of drug-likeness (QED) is 0.225. The van der Waals surface area contributed by atoms with Crippen molar-refractivity contribution in [2.24, 2.45) is 7.05 Å². The van der Waals surface area contributed by atoms with Crippen molar-refractivity contribution in [3.63, 3.8) is 0 Å². The van der Waals surface area contributed by atoms with Gasteiger partial charge in [-0.1, -0.05) is 19.0 Å². The molecule has 0 bridgehead atoms. The standard InChI is InChI=1S/C26H27F4N7Si/c1-36-14-23(18-4-5-21(27)20(12-18)26(28,29)30)33-25(36)17-6-9-37(10-7-17)16-38(2,3)11-8-22-19-13-31-15-32-24(19)35-34-22/h4-5,12-15,17H,6-7,9-10,16H2,1-3H3,(H,31,32,34,35). The van der Waals surface area contributed by atoms with Crippen LogP contribution in [0.3, 0.4) is 0 Å². The Hall–Kier alpha value is -3.56. The van der Waals surface area contributed by atoms with Gasteiger partial charge in [0.1, 0.15) is 31.7 Å². The number of benzene rings is 1. The average Bonchev–Trinajstić information content (AvgIpc) is 3.46. The molecule has 0 radical (unpaired) electrons. The SMILES string of the molecule is Cn1cc(-c2ccc(F)c(C(F)(F)F)c2)nc1C1CCN(C[Si](C)(C)C#Cc2[nH]nc3ncncc23)CC1. The summed E-state index contributed by atoms with van der Waals surface area (Å²) in [5, 5.41) is 7.93. The molecule has 0 amide bonds. The second kappa shape index (κ2) is 9.96. The highest BCUT2D eigenvalue weighted by atomic mass is 28.3. The second-order valence-electron chi connectivity index (χ2n) is 10.3. The number of aromatic amines is 1. The Bertz CT molecular complexity index is 1520. The molecule has 1 aliphatic rings. The molecule has 0 spiro atoms. The lowest BCUT2D eigenvalue weighted by atomic mass is 9.96. The van der Waals surface area contributed by atoms with E-state index in [1.807, 2.05) is 11.6 Å². The lowest BCUT2D eigenvalue weighted by molar-refractivity contribution is -0.139. The predicted molar refractivity (Wildman–Crippen MR) is 138 cm³/mol. The van der Waals surface area contributed by atoms with Gasteiger partial charge in [-0.3, -0.25) is 5.10 Å². The molecule has 198 valence electrons. The van der Waals surface area contributed by atoms with E-state index in [1.54, 1.807) is 12.4 Å². The fraction of sp³-hybridized carbons (Fsp3) is 0.385. The number of hydrogen-bond donors (Lipinski definition) is 1. The number of aromatic nitrogens is 6. The van der Waals surface area contributed by atoms with Gasteiger partial charge >= 0.3 is 6.18 Å². The van der Waals surface area contributed by atoms with Crippen molar-refractivity contribution in [3.05, 3.63) is 59.8 Å². The number of halogens is 4. The van der Waals surface area contributed by atoms with E-state index in [1.165, 1.54) is 12.4 Å². The Balaban J connectivity index is 1.24. The first-order chi connectivity index (χ1) is 18.0. The summed E-state index contributed by atoms with van der Waals surface area (Å²) in [6.45, 7) is 6.26. The summed E-state index contributed by atoms with van der Waals surface area (Å²) in [5.41, 5.74) is 4.21. The van der Waals surface area contributed by atoms with Crippen LogP contribution in [0.25, 0.3) is 22.3 Å². The molecule has 3 aromatic heterocycles. The third kappa shape index (κ3) is 5.49. The van der Waals surface area contributed by atoms with Gasteiger partial charge in [0.15, 0.2) is 5.65 Å². The molecule has 1 aliphatic heterocycles. The van der Waals surface area contributed by atoms with Crippen LogP contribution in [-0.2, 0) is 13.2 Å². The lowest BCUT2D eigenvalue weighted by Crippen LogP contribution is -2.45. The minimum Gasteiger partial charge on any atom is -0.337 e. The first-order valence-corrected chi connectivity index (χ1v) is 15.5. The minimum absolute atomic E-state index is 0.194. The molecular weight excluding hydrogens is 514 g/mol. The Morgan fingerprint density at radius 1 is 1.18 bits per heavy atom. The third-order valence-electron chi connectivity index (χ3n) is 6.81. The van der Waals surface area contributed by atoms with Gasteiger partial charge in [-0.15, -0.1) is 5.54 Å². The van der Waals surface area contributed by atoms with E-state index >= 15 is 0 Å². The first kappa shape index (κ1) is 26.1. The van der Waals surface area contributed by atoms with Gasteiger partial charge in [0.05, 0.1) is 16.6 Å². The average molecular weight is 542 g/mol. The fourth-order valence-electron chi connectivity index (χ4n) is 4.93. The maximum absolute atomic E-state index is 13.7. The van der Waals surface area contributed by atoms with E-state index in [0.29, 0.717) is 11.3 Å². The molecule has 0 atom stereocenters. The third-order valence-corrected chi connectivity index (χ3v) is 8.85. The Kier molecular flexibility index (Phi) is 6.83. The summed E-state index contributed by atoms with van der Waals surface area (Å²) in [5.74, 6) is 3.00. The number of hydrogen-bond acceptors (Lipinski definition) is 5. The summed E-state index contributed by atoms with van der Waals surface area (Å²) in [4.78, 5) is 15.3. The highest BCUT2D eigenvalue weighted by Gasteiger charge is 2.35. The van der Waals surface area contributed by atoms with Crippen molar-refractivity contribution in [2.45, 2.75) is 38.0 Å². The molecule has 12 heteroatoms. The van der Waals surface area contributed by atoms with Crippen LogP contribution >= 0.6 is 0 Å². The Morgan fingerprint density at radius 2 is 1.95 bits per heavy atom. The van der Waals surface area contributed by atoms with Gasteiger partial charge in [-0.2, -0.15) is 18.3 Å². The molecule has 1 N–H and O–H groups in total. The lowest BCUT2D eigenvalue weighted by Gasteiger charge is -2.34. The summed E-state index contributed by atoms with van der Waals surface area (Å²) in [7, 11) is -0.0297. The number of aryl methyl sites for hydroxylation is 1. The van der Waals surface area contributed by atoms with Crippen molar-refractivity contribution in [2.75, 3.05) is 19.3 Å². The highest BCUT2D eigenvalue weighted by Crippen LogP contribution is 2.35. The topological polar surface area (TPSA) is 75.5 Å². The van der Waals surface area contributed by atoms with Gasteiger partial charge in [0, 0.05) is 37.1 Å². The van der Waals surface area contributed by atoms with Crippen LogP contribution < -0.4 is 0 Å². The van der Waals surface area contributed by atoms with Gasteiger partial charge in [0.25, 0.3) is 0 Å². The van der Waals surface area contributed by atoms with E-state index in [0.717, 1.165) is 61.1 Å². The van der Waals surface area contributed by atoms with Crippen LogP contribution in [0.5, 0.6) is 0 Å². The fourth-order valence-corrected chi connectivity index (χ4v) is 6.91. The van der Waals surface area contributed by atoms with Gasteiger partial charge in [0.2, 0.25) is 0 Å². The molecule has 38 heavy (non-hydrogen) atoms. The van der Waals surface area contributed by atoms with Crippen LogP contribution in [0.1, 0.15) is 35.8 Å². The van der Waals surface area contributed by atoms with E-state index in [9.17, 15) is 17.6 Å². The summed E-state index contributed by atoms with van der Waals surface area (Å²) in [6, 6.07) is 3.02. The van der Waals surface area contributed by atoms with E-state index in [-0.39, 0.29) is 11.5 Å². The predicted octanol–water partition coefficient (Wildman–Crippen LogP) is 4.93. The van der Waals surface area contributed by atoms with Gasteiger partial charge < -0.3 is 9.47 Å². The largest absolute Gasteiger partial charge is 0.419 e. The number of nitrogens with zero attached hydrogens (tertiary/aromatic N) is 6. The van der Waals surface area contributed by atoms with E-state index < -0.39 is 25.6 Å². The number of piperidine rings is 1. The number of likely N-dealkylation sites (tertiary alicyclic amines) is 1. The molecule has 4 heterocycles. The zero-order valence-corrected chi connectivity index (χ0v) is 22.3. The maximum atomic E-state index is 13.7. The molecule has 7 nitrogen and oxygen atoms in total. The number of nitrogens with one attached hydrogen (secondary N) is 1. The second-order valence-corrected chi connectivity index (χ2v) is 14.7. The molecule has 0 saturated carbocycles. The van der Waals surface area contributed by atoms with Gasteiger partial charge in [-0.25, -0.2) is 19.3 Å². The number of fused-ring (bicyclic) bond motifs is 1. The zero-order valence-electron chi connectivity index (χ0n) is 21.3. The molecule has 4 aromatic rings. The monoisotopic (exact) mass is 541 g/mol. The highest BCUT2D eigenvalue weighted by molar-refractivity contribution is 6.85. The molecule has 1 fully saturated rings. The maximum Gasteiger partial charge on any atom is 0.419 e.